The van der Waals surface area contributed by atoms with Gasteiger partial charge in [-0.1, -0.05) is 45.0 Å². The summed E-state index contributed by atoms with van der Waals surface area (Å²) in [5.74, 6) is 0.915. The van der Waals surface area contributed by atoms with Crippen LogP contribution in [-0.2, 0) is 6.42 Å². The van der Waals surface area contributed by atoms with Crippen LogP contribution in [0.25, 0.3) is 21.7 Å². The summed E-state index contributed by atoms with van der Waals surface area (Å²) in [4.78, 5) is 8.95. The molecule has 0 radical (unpaired) electrons. The quantitative estimate of drug-likeness (QED) is 0.438. The van der Waals surface area contributed by atoms with Gasteiger partial charge in [0.1, 0.15) is 0 Å². The largest absolute Gasteiger partial charge is 0.264 e. The van der Waals surface area contributed by atoms with Crippen molar-refractivity contribution in [3.05, 3.63) is 83.8 Å². The van der Waals surface area contributed by atoms with Gasteiger partial charge in [-0.25, -0.2) is 0 Å². The lowest BCUT2D eigenvalue weighted by atomic mass is 9.89. The SMILES string of the molecule is CC(C)c1cc(CC(C)c2cnc3ccccc3c2)cc2cnccc12. The highest BCUT2D eigenvalue weighted by atomic mass is 14.6. The van der Waals surface area contributed by atoms with E-state index in [1.54, 1.807) is 0 Å². The maximum Gasteiger partial charge on any atom is 0.0702 e. The summed E-state index contributed by atoms with van der Waals surface area (Å²) in [6, 6.07) is 17.4. The first-order valence-corrected chi connectivity index (χ1v) is 9.33. The van der Waals surface area contributed by atoms with Crippen molar-refractivity contribution in [3.8, 4) is 0 Å². The number of hydrogen-bond acceptors (Lipinski definition) is 2. The second kappa shape index (κ2) is 6.87. The van der Waals surface area contributed by atoms with Crippen LogP contribution >= 0.6 is 0 Å². The number of fused-ring (bicyclic) bond motifs is 2. The zero-order chi connectivity index (χ0) is 18.1. The monoisotopic (exact) mass is 340 g/mol. The fourth-order valence-corrected chi connectivity index (χ4v) is 3.73. The number of nitrogens with zero attached hydrogens (tertiary/aromatic N) is 2. The van der Waals surface area contributed by atoms with Crippen LogP contribution in [0.15, 0.2) is 67.1 Å². The molecular formula is C24H24N2. The van der Waals surface area contributed by atoms with E-state index < -0.39 is 0 Å². The minimum absolute atomic E-state index is 0.418. The van der Waals surface area contributed by atoms with Gasteiger partial charge in [0.15, 0.2) is 0 Å². The van der Waals surface area contributed by atoms with Crippen LogP contribution < -0.4 is 0 Å². The summed E-state index contributed by atoms with van der Waals surface area (Å²) < 4.78 is 0. The van der Waals surface area contributed by atoms with Crippen molar-refractivity contribution in [2.45, 2.75) is 39.0 Å². The Kier molecular flexibility index (Phi) is 4.42. The molecule has 0 aliphatic rings. The van der Waals surface area contributed by atoms with Gasteiger partial charge in [0.05, 0.1) is 5.52 Å². The average Bonchev–Trinajstić information content (AvgIpc) is 2.66. The molecule has 0 saturated carbocycles. The van der Waals surface area contributed by atoms with Crippen molar-refractivity contribution in [3.63, 3.8) is 0 Å². The van der Waals surface area contributed by atoms with Crippen molar-refractivity contribution in [1.82, 2.24) is 9.97 Å². The van der Waals surface area contributed by atoms with Crippen molar-refractivity contribution < 1.29 is 0 Å². The first-order chi connectivity index (χ1) is 12.6. The highest BCUT2D eigenvalue weighted by Crippen LogP contribution is 2.30. The molecule has 0 bridgehead atoms. The van der Waals surface area contributed by atoms with Crippen LogP contribution in [0.3, 0.4) is 0 Å². The Morgan fingerprint density at radius 3 is 2.58 bits per heavy atom. The van der Waals surface area contributed by atoms with Crippen LogP contribution in [0.1, 0.15) is 49.3 Å². The van der Waals surface area contributed by atoms with Crippen LogP contribution in [0.5, 0.6) is 0 Å². The Bertz CT molecular complexity index is 1070. The molecule has 0 saturated heterocycles. The Hall–Kier alpha value is -2.74. The minimum Gasteiger partial charge on any atom is -0.264 e. The van der Waals surface area contributed by atoms with Gasteiger partial charge in [0.25, 0.3) is 0 Å². The van der Waals surface area contributed by atoms with Gasteiger partial charge in [0, 0.05) is 29.4 Å². The number of benzene rings is 2. The van der Waals surface area contributed by atoms with E-state index in [9.17, 15) is 0 Å². The number of para-hydroxylation sites is 1. The molecule has 2 nitrogen and oxygen atoms in total. The van der Waals surface area contributed by atoms with Gasteiger partial charge in [-0.2, -0.15) is 0 Å². The van der Waals surface area contributed by atoms with Crippen LogP contribution in [0, 0.1) is 0 Å². The number of hydrogen-bond donors (Lipinski definition) is 0. The third-order valence-corrected chi connectivity index (χ3v) is 5.19. The maximum atomic E-state index is 4.63. The lowest BCUT2D eigenvalue weighted by molar-refractivity contribution is 0.754. The molecule has 0 aliphatic carbocycles. The third-order valence-electron chi connectivity index (χ3n) is 5.19. The summed E-state index contributed by atoms with van der Waals surface area (Å²) in [7, 11) is 0. The van der Waals surface area contributed by atoms with Crippen LogP contribution in [-0.4, -0.2) is 9.97 Å². The molecule has 1 atom stereocenters. The van der Waals surface area contributed by atoms with Crippen molar-refractivity contribution >= 4 is 21.7 Å². The highest BCUT2D eigenvalue weighted by molar-refractivity contribution is 5.86. The molecule has 2 aromatic carbocycles. The maximum absolute atomic E-state index is 4.63. The van der Waals surface area contributed by atoms with Gasteiger partial charge in [0.2, 0.25) is 0 Å². The van der Waals surface area contributed by atoms with Gasteiger partial charge < -0.3 is 0 Å². The van der Waals surface area contributed by atoms with E-state index in [1.807, 2.05) is 24.7 Å². The predicted molar refractivity (Wildman–Crippen MR) is 110 cm³/mol. The molecule has 0 spiro atoms. The van der Waals surface area contributed by atoms with Crippen molar-refractivity contribution in [1.29, 1.82) is 0 Å². The van der Waals surface area contributed by atoms with Gasteiger partial charge in [-0.05, 0) is 64.6 Å². The molecule has 4 aromatic rings. The Balaban J connectivity index is 1.69. The molecule has 0 aliphatic heterocycles. The molecule has 130 valence electrons. The molecule has 2 heterocycles. The van der Waals surface area contributed by atoms with E-state index in [-0.39, 0.29) is 0 Å². The fourth-order valence-electron chi connectivity index (χ4n) is 3.73. The van der Waals surface area contributed by atoms with E-state index >= 15 is 0 Å². The molecule has 0 N–H and O–H groups in total. The third kappa shape index (κ3) is 3.20. The summed E-state index contributed by atoms with van der Waals surface area (Å²) in [5.41, 5.74) is 5.13. The van der Waals surface area contributed by atoms with Gasteiger partial charge in [-0.3, -0.25) is 9.97 Å². The smallest absolute Gasteiger partial charge is 0.0702 e. The standard InChI is InChI=1S/C24H24N2/c1-16(2)23-12-18(11-21-14-25-9-8-22(21)23)10-17(3)20-13-19-6-4-5-7-24(19)26-15-20/h4-9,11-17H,10H2,1-3H3. The summed E-state index contributed by atoms with van der Waals surface area (Å²) in [6.07, 6.45) is 6.90. The van der Waals surface area contributed by atoms with E-state index in [1.165, 1.54) is 32.8 Å². The van der Waals surface area contributed by atoms with E-state index in [0.29, 0.717) is 11.8 Å². The summed E-state index contributed by atoms with van der Waals surface area (Å²) in [5, 5.41) is 3.76. The van der Waals surface area contributed by atoms with E-state index in [2.05, 4.69) is 73.2 Å². The first kappa shape index (κ1) is 16.7. The van der Waals surface area contributed by atoms with Gasteiger partial charge >= 0.3 is 0 Å². The molecular weight excluding hydrogens is 316 g/mol. The zero-order valence-corrected chi connectivity index (χ0v) is 15.6. The van der Waals surface area contributed by atoms with E-state index in [0.717, 1.165) is 11.9 Å². The van der Waals surface area contributed by atoms with Crippen molar-refractivity contribution in [2.75, 3.05) is 0 Å². The molecule has 2 heteroatoms. The van der Waals surface area contributed by atoms with Crippen LogP contribution in [0.2, 0.25) is 0 Å². The number of rotatable bonds is 4. The predicted octanol–water partition coefficient (Wildman–Crippen LogP) is 6.25. The Labute approximate surface area is 154 Å². The zero-order valence-electron chi connectivity index (χ0n) is 15.6. The normalized spacial score (nSPS) is 12.8. The van der Waals surface area contributed by atoms with Crippen molar-refractivity contribution in [2.24, 2.45) is 0 Å². The Morgan fingerprint density at radius 1 is 0.885 bits per heavy atom. The first-order valence-electron chi connectivity index (χ1n) is 9.33. The molecule has 4 rings (SSSR count). The molecule has 26 heavy (non-hydrogen) atoms. The highest BCUT2D eigenvalue weighted by Gasteiger charge is 2.12. The molecule has 1 unspecified atom stereocenters. The fraction of sp³-hybridized carbons (Fsp3) is 0.250. The molecule has 2 aromatic heterocycles. The number of pyridine rings is 2. The van der Waals surface area contributed by atoms with Crippen LogP contribution in [0.4, 0.5) is 0 Å². The molecule has 0 fully saturated rings. The topological polar surface area (TPSA) is 25.8 Å². The van der Waals surface area contributed by atoms with E-state index in [4.69, 9.17) is 0 Å². The summed E-state index contributed by atoms with van der Waals surface area (Å²) >= 11 is 0. The lowest BCUT2D eigenvalue weighted by Gasteiger charge is -2.16. The molecule has 0 amide bonds. The second-order valence-electron chi connectivity index (χ2n) is 7.50. The number of aromatic nitrogens is 2. The van der Waals surface area contributed by atoms with Gasteiger partial charge in [-0.15, -0.1) is 0 Å². The Morgan fingerprint density at radius 2 is 1.73 bits per heavy atom. The second-order valence-corrected chi connectivity index (χ2v) is 7.50. The summed E-state index contributed by atoms with van der Waals surface area (Å²) in [6.45, 7) is 6.81. The average molecular weight is 340 g/mol. The lowest BCUT2D eigenvalue weighted by Crippen LogP contribution is -2.01. The minimum atomic E-state index is 0.418.